The van der Waals surface area contributed by atoms with Gasteiger partial charge in [0.25, 0.3) is 0 Å². The van der Waals surface area contributed by atoms with E-state index in [9.17, 15) is 24.6 Å². The zero-order valence-corrected chi connectivity index (χ0v) is 11.8. The van der Waals surface area contributed by atoms with Crippen molar-refractivity contribution in [2.24, 2.45) is 0 Å². The van der Waals surface area contributed by atoms with E-state index < -0.39 is 55.2 Å². The average molecular weight is 306 g/mol. The lowest BCUT2D eigenvalue weighted by molar-refractivity contribution is -0.295. The number of carbonyl (C=O) groups is 3. The fraction of sp³-hybridized carbons (Fsp3) is 0.750. The zero-order valence-electron chi connectivity index (χ0n) is 11.8. The number of aliphatic hydroxyl groups excluding tert-OH is 2. The highest BCUT2D eigenvalue weighted by Crippen LogP contribution is 2.27. The van der Waals surface area contributed by atoms with Crippen LogP contribution in [0.2, 0.25) is 0 Å². The van der Waals surface area contributed by atoms with Gasteiger partial charge in [-0.3, -0.25) is 14.4 Å². The van der Waals surface area contributed by atoms with Crippen molar-refractivity contribution < 1.29 is 43.5 Å². The van der Waals surface area contributed by atoms with E-state index in [4.69, 9.17) is 18.9 Å². The fourth-order valence-electron chi connectivity index (χ4n) is 2.02. The first-order valence-corrected chi connectivity index (χ1v) is 6.22. The summed E-state index contributed by atoms with van der Waals surface area (Å²) >= 11 is 0. The standard InChI is InChI=1S/C12H18O9/c1-5(14)18-9-8(4-13)21-12(17)11(20-7(3)16)10(9)19-6(2)15/h8-13,17H,4H2,1-3H3/t8?,9-,10-,11?,12+/m1/s1. The van der Waals surface area contributed by atoms with Crippen LogP contribution in [0.1, 0.15) is 20.8 Å². The zero-order chi connectivity index (χ0) is 16.2. The van der Waals surface area contributed by atoms with E-state index in [2.05, 4.69) is 0 Å². The second-order valence-corrected chi connectivity index (χ2v) is 4.47. The second-order valence-electron chi connectivity index (χ2n) is 4.47. The minimum absolute atomic E-state index is 0.598. The lowest BCUT2D eigenvalue weighted by atomic mass is 9.98. The predicted molar refractivity (Wildman–Crippen MR) is 64.6 cm³/mol. The van der Waals surface area contributed by atoms with Crippen molar-refractivity contribution in [3.63, 3.8) is 0 Å². The molecule has 0 saturated carbocycles. The van der Waals surface area contributed by atoms with Crippen LogP contribution in [0.3, 0.4) is 0 Å². The first-order chi connectivity index (χ1) is 9.76. The Labute approximate surface area is 120 Å². The van der Waals surface area contributed by atoms with Crippen molar-refractivity contribution >= 4 is 17.9 Å². The summed E-state index contributed by atoms with van der Waals surface area (Å²) in [6.07, 6.45) is -6.65. The lowest BCUT2D eigenvalue weighted by Gasteiger charge is -2.42. The molecule has 1 fully saturated rings. The third kappa shape index (κ3) is 4.66. The molecule has 2 N–H and O–H groups in total. The van der Waals surface area contributed by atoms with E-state index in [1.165, 1.54) is 0 Å². The summed E-state index contributed by atoms with van der Waals surface area (Å²) in [6.45, 7) is 2.71. The number of carbonyl (C=O) groups excluding carboxylic acids is 3. The number of hydrogen-bond donors (Lipinski definition) is 2. The Kier molecular flexibility index (Phi) is 6.06. The SMILES string of the molecule is CC(=O)OC1[C@@H](O)OC(CO)[C@@H](OC(C)=O)[C@H]1OC(C)=O. The molecule has 1 aliphatic heterocycles. The molecule has 9 heteroatoms. The van der Waals surface area contributed by atoms with Gasteiger partial charge in [-0.05, 0) is 0 Å². The maximum absolute atomic E-state index is 11.2. The van der Waals surface area contributed by atoms with E-state index in [0.29, 0.717) is 0 Å². The van der Waals surface area contributed by atoms with E-state index in [1.807, 2.05) is 0 Å². The molecule has 1 heterocycles. The van der Waals surface area contributed by atoms with Gasteiger partial charge in [-0.1, -0.05) is 0 Å². The van der Waals surface area contributed by atoms with Gasteiger partial charge in [0.05, 0.1) is 6.61 Å². The summed E-state index contributed by atoms with van der Waals surface area (Å²) in [6, 6.07) is 0. The first kappa shape index (κ1) is 17.3. The van der Waals surface area contributed by atoms with Crippen molar-refractivity contribution in [2.45, 2.75) is 51.5 Å². The molecule has 0 radical (unpaired) electrons. The minimum Gasteiger partial charge on any atom is -0.456 e. The Morgan fingerprint density at radius 1 is 0.905 bits per heavy atom. The topological polar surface area (TPSA) is 129 Å². The van der Waals surface area contributed by atoms with Gasteiger partial charge in [0, 0.05) is 20.8 Å². The Balaban J connectivity index is 3.08. The fourth-order valence-corrected chi connectivity index (χ4v) is 2.02. The van der Waals surface area contributed by atoms with E-state index >= 15 is 0 Å². The molecule has 1 aliphatic rings. The minimum atomic E-state index is -1.64. The highest BCUT2D eigenvalue weighted by atomic mass is 16.7. The van der Waals surface area contributed by atoms with Crippen molar-refractivity contribution in [1.29, 1.82) is 0 Å². The Morgan fingerprint density at radius 2 is 1.33 bits per heavy atom. The van der Waals surface area contributed by atoms with Crippen molar-refractivity contribution in [1.82, 2.24) is 0 Å². The molecule has 0 bridgehead atoms. The third-order valence-corrected chi connectivity index (χ3v) is 2.70. The molecule has 9 nitrogen and oxygen atoms in total. The Morgan fingerprint density at radius 3 is 1.76 bits per heavy atom. The number of ether oxygens (including phenoxy) is 4. The van der Waals surface area contributed by atoms with Gasteiger partial charge in [-0.15, -0.1) is 0 Å². The normalized spacial score (nSPS) is 32.1. The summed E-state index contributed by atoms with van der Waals surface area (Å²) in [5.74, 6) is -2.19. The molecule has 5 atom stereocenters. The van der Waals surface area contributed by atoms with Crippen LogP contribution in [0, 0.1) is 0 Å². The van der Waals surface area contributed by atoms with Crippen LogP contribution in [-0.2, 0) is 33.3 Å². The molecule has 0 aromatic carbocycles. The summed E-state index contributed by atoms with van der Waals surface area (Å²) in [5.41, 5.74) is 0. The van der Waals surface area contributed by atoms with Crippen molar-refractivity contribution in [2.75, 3.05) is 6.61 Å². The predicted octanol–water partition coefficient (Wildman–Crippen LogP) is -1.51. The van der Waals surface area contributed by atoms with Gasteiger partial charge in [0.1, 0.15) is 6.10 Å². The summed E-state index contributed by atoms with van der Waals surface area (Å²) < 4.78 is 19.8. The number of aliphatic hydroxyl groups is 2. The Bertz CT molecular complexity index is 408. The summed E-state index contributed by atoms with van der Waals surface area (Å²) in [5, 5.41) is 19.0. The maximum Gasteiger partial charge on any atom is 0.303 e. The van der Waals surface area contributed by atoms with Gasteiger partial charge >= 0.3 is 17.9 Å². The molecule has 2 unspecified atom stereocenters. The molecule has 1 rings (SSSR count). The highest BCUT2D eigenvalue weighted by molar-refractivity contribution is 5.68. The molecule has 0 aliphatic carbocycles. The summed E-state index contributed by atoms with van der Waals surface area (Å²) in [4.78, 5) is 33.4. The van der Waals surface area contributed by atoms with Crippen LogP contribution in [0.4, 0.5) is 0 Å². The van der Waals surface area contributed by atoms with Gasteiger partial charge in [-0.25, -0.2) is 0 Å². The van der Waals surface area contributed by atoms with E-state index in [0.717, 1.165) is 20.8 Å². The van der Waals surface area contributed by atoms with Crippen molar-refractivity contribution in [3.05, 3.63) is 0 Å². The van der Waals surface area contributed by atoms with Crippen LogP contribution in [0.25, 0.3) is 0 Å². The maximum atomic E-state index is 11.2. The molecular weight excluding hydrogens is 288 g/mol. The molecule has 0 spiro atoms. The molecule has 0 aromatic heterocycles. The summed E-state index contributed by atoms with van der Waals surface area (Å²) in [7, 11) is 0. The van der Waals surface area contributed by atoms with E-state index in [1.54, 1.807) is 0 Å². The molecule has 0 aromatic rings. The second kappa shape index (κ2) is 7.34. The monoisotopic (exact) mass is 306 g/mol. The smallest absolute Gasteiger partial charge is 0.303 e. The van der Waals surface area contributed by atoms with Crippen LogP contribution in [0.15, 0.2) is 0 Å². The van der Waals surface area contributed by atoms with Crippen molar-refractivity contribution in [3.8, 4) is 0 Å². The molecule has 21 heavy (non-hydrogen) atoms. The van der Waals surface area contributed by atoms with Crippen LogP contribution in [0.5, 0.6) is 0 Å². The quantitative estimate of drug-likeness (QED) is 0.470. The van der Waals surface area contributed by atoms with Crippen LogP contribution in [-0.4, -0.2) is 65.4 Å². The van der Waals surface area contributed by atoms with Gasteiger partial charge in [0.2, 0.25) is 0 Å². The van der Waals surface area contributed by atoms with Gasteiger partial charge in [0.15, 0.2) is 24.6 Å². The molecular formula is C12H18O9. The van der Waals surface area contributed by atoms with Gasteiger partial charge in [-0.2, -0.15) is 0 Å². The largest absolute Gasteiger partial charge is 0.456 e. The van der Waals surface area contributed by atoms with Crippen LogP contribution < -0.4 is 0 Å². The number of hydrogen-bond acceptors (Lipinski definition) is 9. The third-order valence-electron chi connectivity index (χ3n) is 2.70. The molecule has 0 amide bonds. The Hall–Kier alpha value is -1.71. The van der Waals surface area contributed by atoms with Crippen LogP contribution >= 0.6 is 0 Å². The average Bonchev–Trinajstić information content (AvgIpc) is 2.35. The molecule has 1 saturated heterocycles. The lowest BCUT2D eigenvalue weighted by Crippen LogP contribution is -2.62. The first-order valence-electron chi connectivity index (χ1n) is 6.22. The molecule has 120 valence electrons. The number of esters is 3. The number of rotatable bonds is 4. The van der Waals surface area contributed by atoms with Gasteiger partial charge < -0.3 is 29.2 Å². The highest BCUT2D eigenvalue weighted by Gasteiger charge is 2.51. The van der Waals surface area contributed by atoms with E-state index in [-0.39, 0.29) is 0 Å².